The maximum atomic E-state index is 12.3. The molecular formula is C12H20N2O3S. The molecule has 5 nitrogen and oxygen atoms in total. The molecule has 102 valence electrons. The molecule has 0 aliphatic heterocycles. The van der Waals surface area contributed by atoms with Crippen LogP contribution in [0.3, 0.4) is 0 Å². The van der Waals surface area contributed by atoms with Gasteiger partial charge in [-0.1, -0.05) is 40.0 Å². The van der Waals surface area contributed by atoms with Crippen molar-refractivity contribution in [3.8, 4) is 0 Å². The van der Waals surface area contributed by atoms with Crippen molar-refractivity contribution in [2.24, 2.45) is 5.41 Å². The van der Waals surface area contributed by atoms with Gasteiger partial charge in [0.1, 0.15) is 0 Å². The number of carbonyl (C=O) groups is 1. The van der Waals surface area contributed by atoms with E-state index in [1.54, 1.807) is 20.8 Å². The molecule has 0 aromatic heterocycles. The summed E-state index contributed by atoms with van der Waals surface area (Å²) in [4.78, 5) is 14.8. The van der Waals surface area contributed by atoms with E-state index in [1.807, 2.05) is 0 Å². The van der Waals surface area contributed by atoms with E-state index in [2.05, 4.69) is 4.79 Å². The molecule has 18 heavy (non-hydrogen) atoms. The molecule has 0 radical (unpaired) electrons. The molecule has 0 spiro atoms. The van der Waals surface area contributed by atoms with Gasteiger partial charge in [-0.15, -0.1) is 4.79 Å². The first-order valence-corrected chi connectivity index (χ1v) is 7.76. The van der Waals surface area contributed by atoms with E-state index >= 15 is 0 Å². The molecule has 0 saturated heterocycles. The highest BCUT2D eigenvalue weighted by atomic mass is 32.2. The molecule has 0 bridgehead atoms. The number of rotatable bonds is 2. The Kier molecular flexibility index (Phi) is 4.46. The van der Waals surface area contributed by atoms with Gasteiger partial charge >= 0.3 is 5.04 Å². The van der Waals surface area contributed by atoms with Gasteiger partial charge in [0.05, 0.1) is 5.25 Å². The van der Waals surface area contributed by atoms with Crippen molar-refractivity contribution in [2.75, 3.05) is 0 Å². The van der Waals surface area contributed by atoms with E-state index in [4.69, 9.17) is 5.53 Å². The summed E-state index contributed by atoms with van der Waals surface area (Å²) in [5.74, 6) is -0.629. The molecule has 0 atom stereocenters. The van der Waals surface area contributed by atoms with Crippen LogP contribution in [0, 0.1) is 5.41 Å². The highest BCUT2D eigenvalue weighted by molar-refractivity contribution is 8.08. The Balaban J connectivity index is 3.09. The summed E-state index contributed by atoms with van der Waals surface area (Å²) in [6.07, 6.45) is 3.78. The number of nitrogens with zero attached hydrogens (tertiary/aromatic N) is 2. The molecule has 1 aliphatic carbocycles. The SMILES string of the molecule is CC(C)(C)C(=O)C(=[N+]=[N-])S(=O)(=O)C1CCCCC1. The van der Waals surface area contributed by atoms with Gasteiger partial charge in [-0.25, -0.2) is 8.42 Å². The van der Waals surface area contributed by atoms with Gasteiger partial charge in [-0.2, -0.15) is 0 Å². The Labute approximate surface area is 108 Å². The maximum absolute atomic E-state index is 12.3. The van der Waals surface area contributed by atoms with Crippen LogP contribution in [-0.2, 0) is 14.6 Å². The smallest absolute Gasteiger partial charge is 0.360 e. The molecule has 0 heterocycles. The highest BCUT2D eigenvalue weighted by Crippen LogP contribution is 2.26. The molecule has 1 aliphatic rings. The minimum absolute atomic E-state index is 0.540. The Morgan fingerprint density at radius 3 is 2.06 bits per heavy atom. The number of hydrogen-bond donors (Lipinski definition) is 0. The molecule has 0 unspecified atom stereocenters. The van der Waals surface area contributed by atoms with Gasteiger partial charge in [0.2, 0.25) is 0 Å². The zero-order valence-electron chi connectivity index (χ0n) is 11.1. The van der Waals surface area contributed by atoms with E-state index in [0.29, 0.717) is 12.8 Å². The van der Waals surface area contributed by atoms with Crippen LogP contribution in [0.25, 0.3) is 5.53 Å². The second kappa shape index (κ2) is 5.33. The summed E-state index contributed by atoms with van der Waals surface area (Å²) in [7, 11) is -3.81. The predicted octanol–water partition coefficient (Wildman–Crippen LogP) is 1.98. The van der Waals surface area contributed by atoms with Crippen molar-refractivity contribution in [3.63, 3.8) is 0 Å². The second-order valence-corrected chi connectivity index (χ2v) is 7.93. The summed E-state index contributed by atoms with van der Waals surface area (Å²) in [5.41, 5.74) is 8.04. The molecule has 0 aromatic carbocycles. The Morgan fingerprint density at radius 2 is 1.67 bits per heavy atom. The monoisotopic (exact) mass is 272 g/mol. The van der Waals surface area contributed by atoms with Crippen LogP contribution in [0.15, 0.2) is 0 Å². The van der Waals surface area contributed by atoms with Crippen LogP contribution in [0.2, 0.25) is 0 Å². The third kappa shape index (κ3) is 3.06. The number of carbonyl (C=O) groups excluding carboxylic acids is 1. The van der Waals surface area contributed by atoms with E-state index in [0.717, 1.165) is 19.3 Å². The van der Waals surface area contributed by atoms with Crippen molar-refractivity contribution in [2.45, 2.75) is 58.1 Å². The third-order valence-electron chi connectivity index (χ3n) is 3.23. The molecule has 0 amide bonds. The van der Waals surface area contributed by atoms with Crippen LogP contribution in [-0.4, -0.2) is 29.3 Å². The summed E-state index contributed by atoms with van der Waals surface area (Å²) in [5, 5.41) is -1.26. The molecule has 0 N–H and O–H groups in total. The van der Waals surface area contributed by atoms with E-state index in [-0.39, 0.29) is 0 Å². The van der Waals surface area contributed by atoms with Crippen molar-refractivity contribution in [1.29, 1.82) is 0 Å². The quantitative estimate of drug-likeness (QED) is 0.333. The Hall–Kier alpha value is -1.00. The first kappa shape index (κ1) is 15.1. The van der Waals surface area contributed by atoms with Crippen LogP contribution in [0.1, 0.15) is 52.9 Å². The largest absolute Gasteiger partial charge is 0.448 e. The zero-order chi connectivity index (χ0) is 14.0. The van der Waals surface area contributed by atoms with Crippen LogP contribution >= 0.6 is 0 Å². The van der Waals surface area contributed by atoms with Crippen LogP contribution < -0.4 is 0 Å². The lowest BCUT2D eigenvalue weighted by Crippen LogP contribution is -2.40. The predicted molar refractivity (Wildman–Crippen MR) is 68.9 cm³/mol. The summed E-state index contributed by atoms with van der Waals surface area (Å²) in [6.45, 7) is 4.82. The molecule has 0 aromatic rings. The number of Topliss-reactive ketones (excluding diaryl/α,β-unsaturated/α-hetero) is 1. The fourth-order valence-electron chi connectivity index (χ4n) is 2.09. The fourth-order valence-corrected chi connectivity index (χ4v) is 4.03. The highest BCUT2D eigenvalue weighted by Gasteiger charge is 2.46. The minimum Gasteiger partial charge on any atom is -0.360 e. The van der Waals surface area contributed by atoms with Gasteiger partial charge in [-0.05, 0) is 12.8 Å². The van der Waals surface area contributed by atoms with Crippen molar-refractivity contribution < 1.29 is 18.0 Å². The number of hydrogen-bond acceptors (Lipinski definition) is 3. The summed E-state index contributed by atoms with van der Waals surface area (Å²) in [6, 6.07) is 0. The first-order chi connectivity index (χ1) is 8.21. The van der Waals surface area contributed by atoms with Gasteiger partial charge in [0, 0.05) is 5.41 Å². The number of ketones is 1. The van der Waals surface area contributed by atoms with Gasteiger partial charge in [0.25, 0.3) is 15.6 Å². The Bertz CT molecular complexity index is 476. The first-order valence-electron chi connectivity index (χ1n) is 6.22. The van der Waals surface area contributed by atoms with E-state index < -0.39 is 31.3 Å². The van der Waals surface area contributed by atoms with Crippen LogP contribution in [0.5, 0.6) is 0 Å². The fraction of sp³-hybridized carbons (Fsp3) is 0.833. The van der Waals surface area contributed by atoms with Crippen molar-refractivity contribution in [3.05, 3.63) is 5.53 Å². The van der Waals surface area contributed by atoms with Crippen LogP contribution in [0.4, 0.5) is 0 Å². The average molecular weight is 272 g/mol. The molecule has 1 fully saturated rings. The molecular weight excluding hydrogens is 252 g/mol. The minimum atomic E-state index is -3.81. The van der Waals surface area contributed by atoms with Gasteiger partial charge in [-0.3, -0.25) is 4.79 Å². The summed E-state index contributed by atoms with van der Waals surface area (Å²) >= 11 is 0. The normalized spacial score (nSPS) is 18.2. The van der Waals surface area contributed by atoms with Gasteiger partial charge in [0.15, 0.2) is 0 Å². The standard InChI is InChI=1S/C12H20N2O3S/c1-12(2,3)10(15)11(14-13)18(16,17)9-7-5-4-6-8-9/h9H,4-8H2,1-3H3. The second-order valence-electron chi connectivity index (χ2n) is 5.79. The molecule has 6 heteroatoms. The Morgan fingerprint density at radius 1 is 1.17 bits per heavy atom. The maximum Gasteiger partial charge on any atom is 0.448 e. The van der Waals surface area contributed by atoms with Crippen molar-refractivity contribution >= 4 is 20.7 Å². The van der Waals surface area contributed by atoms with Crippen molar-refractivity contribution in [1.82, 2.24) is 0 Å². The lowest BCUT2D eigenvalue weighted by molar-refractivity contribution is -0.123. The molecule has 1 rings (SSSR count). The third-order valence-corrected chi connectivity index (χ3v) is 5.38. The average Bonchev–Trinajstić information content (AvgIpc) is 2.29. The topological polar surface area (TPSA) is 87.6 Å². The van der Waals surface area contributed by atoms with E-state index in [9.17, 15) is 13.2 Å². The molecule has 1 saturated carbocycles. The lowest BCUT2D eigenvalue weighted by atomic mass is 9.91. The number of sulfone groups is 1. The summed E-state index contributed by atoms with van der Waals surface area (Å²) < 4.78 is 24.6. The lowest BCUT2D eigenvalue weighted by Gasteiger charge is -2.20. The van der Waals surface area contributed by atoms with E-state index in [1.165, 1.54) is 0 Å². The van der Waals surface area contributed by atoms with Gasteiger partial charge < -0.3 is 5.53 Å². The zero-order valence-corrected chi connectivity index (χ0v) is 12.0.